The first-order chi connectivity index (χ1) is 15.6. The minimum Gasteiger partial charge on any atom is -0.493 e. The first-order valence-corrected chi connectivity index (χ1v) is 10.6. The molecule has 0 saturated carbocycles. The van der Waals surface area contributed by atoms with Gasteiger partial charge in [-0.15, -0.1) is 24.0 Å². The van der Waals surface area contributed by atoms with Gasteiger partial charge in [-0.05, 0) is 42.3 Å². The molecule has 0 aliphatic rings. The summed E-state index contributed by atoms with van der Waals surface area (Å²) in [7, 11) is 4.80. The summed E-state index contributed by atoms with van der Waals surface area (Å²) in [6, 6.07) is 18.0. The van der Waals surface area contributed by atoms with Crippen molar-refractivity contribution in [1.29, 1.82) is 0 Å². The van der Waals surface area contributed by atoms with Gasteiger partial charge >= 0.3 is 0 Å². The second kappa shape index (κ2) is 13.6. The van der Waals surface area contributed by atoms with Crippen molar-refractivity contribution in [1.82, 2.24) is 10.6 Å². The number of hydrogen-bond donors (Lipinski definition) is 2. The van der Waals surface area contributed by atoms with Crippen LogP contribution in [0, 0.1) is 0 Å². The maximum Gasteiger partial charge on any atom is 0.203 e. The minimum atomic E-state index is 0. The summed E-state index contributed by atoms with van der Waals surface area (Å²) in [6.07, 6.45) is 2.45. The molecule has 7 nitrogen and oxygen atoms in total. The second-order valence-corrected chi connectivity index (χ2v) is 7.23. The van der Waals surface area contributed by atoms with Crippen LogP contribution in [0.15, 0.2) is 70.3 Å². The van der Waals surface area contributed by atoms with Crippen molar-refractivity contribution >= 4 is 29.9 Å². The van der Waals surface area contributed by atoms with Crippen LogP contribution in [0.1, 0.15) is 29.9 Å². The van der Waals surface area contributed by atoms with Gasteiger partial charge in [-0.1, -0.05) is 30.3 Å². The van der Waals surface area contributed by atoms with E-state index < -0.39 is 0 Å². The predicted octanol–water partition coefficient (Wildman–Crippen LogP) is 4.96. The molecule has 1 atom stereocenters. The van der Waals surface area contributed by atoms with Crippen LogP contribution in [-0.2, 0) is 13.0 Å². The van der Waals surface area contributed by atoms with Gasteiger partial charge in [0.1, 0.15) is 5.76 Å². The molecule has 1 heterocycles. The van der Waals surface area contributed by atoms with E-state index in [4.69, 9.17) is 23.6 Å². The number of rotatable bonds is 10. The highest BCUT2D eigenvalue weighted by atomic mass is 127. The van der Waals surface area contributed by atoms with Crippen molar-refractivity contribution in [2.45, 2.75) is 25.9 Å². The second-order valence-electron chi connectivity index (χ2n) is 7.23. The fourth-order valence-corrected chi connectivity index (χ4v) is 3.34. The van der Waals surface area contributed by atoms with Crippen molar-refractivity contribution in [2.24, 2.45) is 4.99 Å². The molecule has 3 rings (SSSR count). The van der Waals surface area contributed by atoms with Crippen LogP contribution in [0.25, 0.3) is 0 Å². The number of hydrogen-bond acceptors (Lipinski definition) is 5. The highest BCUT2D eigenvalue weighted by Crippen LogP contribution is 2.38. The molecule has 8 heteroatoms. The highest BCUT2D eigenvalue weighted by Gasteiger charge is 2.14. The average Bonchev–Trinajstić information content (AvgIpc) is 3.35. The van der Waals surface area contributed by atoms with Crippen molar-refractivity contribution in [3.8, 4) is 17.2 Å². The van der Waals surface area contributed by atoms with E-state index in [2.05, 4.69) is 29.7 Å². The summed E-state index contributed by atoms with van der Waals surface area (Å²) < 4.78 is 21.8. The maximum absolute atomic E-state index is 5.46. The number of benzene rings is 2. The maximum atomic E-state index is 5.46. The third-order valence-corrected chi connectivity index (χ3v) is 5.04. The van der Waals surface area contributed by atoms with Gasteiger partial charge in [0.05, 0.1) is 40.2 Å². The number of furan rings is 1. The monoisotopic (exact) mass is 565 g/mol. The molecule has 3 aromatic rings. The fourth-order valence-electron chi connectivity index (χ4n) is 3.34. The fraction of sp³-hybridized carbons (Fsp3) is 0.320. The van der Waals surface area contributed by atoms with Gasteiger partial charge in [-0.25, -0.2) is 4.99 Å². The zero-order chi connectivity index (χ0) is 22.8. The standard InChI is InChI=1S/C25H31N3O4.HI/c1-18(20-9-6-5-7-10-20)28-25(26-13-12-21-11-8-14-32-21)27-17-19-15-22(29-2)24(31-4)23(16-19)30-3;/h5-11,14-16,18H,12-13,17H2,1-4H3,(H2,26,27,28);1H. The summed E-state index contributed by atoms with van der Waals surface area (Å²) in [5.41, 5.74) is 2.12. The molecule has 0 amide bonds. The molecule has 0 spiro atoms. The van der Waals surface area contributed by atoms with Gasteiger partial charge in [0, 0.05) is 13.0 Å². The molecule has 0 radical (unpaired) electrons. The molecule has 0 aliphatic carbocycles. The van der Waals surface area contributed by atoms with E-state index >= 15 is 0 Å². The van der Waals surface area contributed by atoms with Crippen molar-refractivity contribution < 1.29 is 18.6 Å². The Kier molecular flexibility index (Phi) is 10.9. The Morgan fingerprint density at radius 1 is 0.970 bits per heavy atom. The molecule has 0 aliphatic heterocycles. The molecule has 2 aromatic carbocycles. The molecule has 1 aromatic heterocycles. The zero-order valence-corrected chi connectivity index (χ0v) is 21.8. The van der Waals surface area contributed by atoms with Crippen LogP contribution in [0.4, 0.5) is 0 Å². The van der Waals surface area contributed by atoms with E-state index in [-0.39, 0.29) is 30.0 Å². The van der Waals surface area contributed by atoms with Crippen LogP contribution in [-0.4, -0.2) is 33.8 Å². The lowest BCUT2D eigenvalue weighted by Crippen LogP contribution is -2.39. The molecule has 33 heavy (non-hydrogen) atoms. The van der Waals surface area contributed by atoms with Crippen LogP contribution in [0.2, 0.25) is 0 Å². The SMILES string of the molecule is COc1cc(CN=C(NCCc2ccco2)NC(C)c2ccccc2)cc(OC)c1OC.I. The first kappa shape index (κ1) is 26.4. The number of halogens is 1. The van der Waals surface area contributed by atoms with Gasteiger partial charge in [-0.2, -0.15) is 0 Å². The average molecular weight is 565 g/mol. The zero-order valence-electron chi connectivity index (χ0n) is 19.5. The Balaban J connectivity index is 0.00000385. The van der Waals surface area contributed by atoms with Crippen molar-refractivity contribution in [3.05, 3.63) is 77.7 Å². The quantitative estimate of drug-likeness (QED) is 0.206. The van der Waals surface area contributed by atoms with E-state index in [1.165, 1.54) is 5.56 Å². The summed E-state index contributed by atoms with van der Waals surface area (Å²) in [6.45, 7) is 3.24. The minimum absolute atomic E-state index is 0. The lowest BCUT2D eigenvalue weighted by molar-refractivity contribution is 0.324. The molecule has 0 fully saturated rings. The largest absolute Gasteiger partial charge is 0.493 e. The molecule has 1 unspecified atom stereocenters. The van der Waals surface area contributed by atoms with Crippen LogP contribution in [0.5, 0.6) is 17.2 Å². The Labute approximate surface area is 212 Å². The molecule has 0 saturated heterocycles. The van der Waals surface area contributed by atoms with E-state index in [0.717, 1.165) is 17.7 Å². The first-order valence-electron chi connectivity index (χ1n) is 10.6. The topological polar surface area (TPSA) is 77.2 Å². The van der Waals surface area contributed by atoms with Gasteiger partial charge < -0.3 is 29.3 Å². The highest BCUT2D eigenvalue weighted by molar-refractivity contribution is 14.0. The van der Waals surface area contributed by atoms with Crippen LogP contribution in [0.3, 0.4) is 0 Å². The summed E-state index contributed by atoms with van der Waals surface area (Å²) in [4.78, 5) is 4.80. The van der Waals surface area contributed by atoms with Gasteiger partial charge in [0.15, 0.2) is 17.5 Å². The van der Waals surface area contributed by atoms with Crippen molar-refractivity contribution in [2.75, 3.05) is 27.9 Å². The smallest absolute Gasteiger partial charge is 0.203 e. The number of nitrogens with zero attached hydrogens (tertiary/aromatic N) is 1. The van der Waals surface area contributed by atoms with Crippen molar-refractivity contribution in [3.63, 3.8) is 0 Å². The molecular formula is C25H32IN3O4. The Morgan fingerprint density at radius 3 is 2.24 bits per heavy atom. The van der Waals surface area contributed by atoms with E-state index in [9.17, 15) is 0 Å². The lowest BCUT2D eigenvalue weighted by Gasteiger charge is -2.19. The Morgan fingerprint density at radius 2 is 1.67 bits per heavy atom. The number of methoxy groups -OCH3 is 3. The Bertz CT molecular complexity index is 969. The van der Waals surface area contributed by atoms with E-state index in [1.54, 1.807) is 27.6 Å². The van der Waals surface area contributed by atoms with Crippen LogP contribution < -0.4 is 24.8 Å². The molecular weight excluding hydrogens is 533 g/mol. The molecule has 2 N–H and O–H groups in total. The number of aliphatic imine (C=N–C) groups is 1. The molecule has 0 bridgehead atoms. The summed E-state index contributed by atoms with van der Waals surface area (Å²) >= 11 is 0. The molecule has 178 valence electrons. The van der Waals surface area contributed by atoms with Gasteiger partial charge in [-0.3, -0.25) is 0 Å². The van der Waals surface area contributed by atoms with E-state index in [0.29, 0.717) is 36.3 Å². The Hall–Kier alpha value is -2.88. The third-order valence-electron chi connectivity index (χ3n) is 5.04. The van der Waals surface area contributed by atoms with Gasteiger partial charge in [0.2, 0.25) is 5.75 Å². The van der Waals surface area contributed by atoms with Crippen LogP contribution >= 0.6 is 24.0 Å². The van der Waals surface area contributed by atoms with E-state index in [1.807, 2.05) is 42.5 Å². The summed E-state index contributed by atoms with van der Waals surface area (Å²) in [5, 5.41) is 6.88. The number of guanidine groups is 1. The third kappa shape index (κ3) is 7.59. The summed E-state index contributed by atoms with van der Waals surface area (Å²) in [5.74, 6) is 3.42. The normalized spacial score (nSPS) is 11.8. The number of ether oxygens (including phenoxy) is 3. The number of nitrogens with one attached hydrogen (secondary N) is 2. The lowest BCUT2D eigenvalue weighted by atomic mass is 10.1. The predicted molar refractivity (Wildman–Crippen MR) is 141 cm³/mol. The van der Waals surface area contributed by atoms with Gasteiger partial charge in [0.25, 0.3) is 0 Å².